The fourth-order valence-corrected chi connectivity index (χ4v) is 4.00. The third-order valence-corrected chi connectivity index (χ3v) is 5.27. The van der Waals surface area contributed by atoms with Crippen LogP contribution < -0.4 is 0 Å². The number of epoxide rings is 1. The Morgan fingerprint density at radius 2 is 2.09 bits per heavy atom. The zero-order chi connectivity index (χ0) is 18.7. The number of hydroxylamine groups is 3. The highest BCUT2D eigenvalue weighted by molar-refractivity contribution is 5.78. The maximum Gasteiger partial charge on any atom is 0.316 e. The molecule has 3 aliphatic heterocycles. The van der Waals surface area contributed by atoms with Crippen molar-refractivity contribution in [2.24, 2.45) is 0 Å². The van der Waals surface area contributed by atoms with Gasteiger partial charge in [0.05, 0.1) is 17.7 Å². The van der Waals surface area contributed by atoms with E-state index in [1.807, 2.05) is 6.07 Å². The van der Waals surface area contributed by atoms with Crippen molar-refractivity contribution in [1.82, 2.24) is 0 Å². The molecule has 23 heavy (non-hydrogen) atoms. The van der Waals surface area contributed by atoms with Gasteiger partial charge in [-0.1, -0.05) is 30.3 Å². The number of rotatable bonds is 4. The summed E-state index contributed by atoms with van der Waals surface area (Å²) in [5.74, 6) is -1.35. The number of aliphatic hydroxyl groups is 1. The molecule has 4 rings (SSSR count). The Hall–Kier alpha value is -1.47. The van der Waals surface area contributed by atoms with Crippen LogP contribution >= 0.6 is 0 Å². The molecule has 1 aromatic rings. The van der Waals surface area contributed by atoms with Gasteiger partial charge in [0.1, 0.15) is 36.3 Å². The topological polar surface area (TPSA) is 82.1 Å². The number of fused-ring (bicyclic) bond motifs is 5. The number of likely N-dealkylation sites (N-methyl/N-ethyl adjacent to an activating group) is 1. The lowest BCUT2D eigenvalue weighted by Crippen LogP contribution is -2.58. The minimum absolute atomic E-state index is 0.165. The quantitative estimate of drug-likeness (QED) is 0.386. The van der Waals surface area contributed by atoms with E-state index in [0.717, 1.165) is 0 Å². The molecule has 0 aliphatic carbocycles. The van der Waals surface area contributed by atoms with E-state index >= 15 is 0 Å². The van der Waals surface area contributed by atoms with Crippen LogP contribution in [0.5, 0.6) is 0 Å². The van der Waals surface area contributed by atoms with E-state index in [4.69, 9.17) is 13.6 Å². The number of aliphatic hydroxyl groups excluding tert-OH is 1. The second-order valence-corrected chi connectivity index (χ2v) is 6.59. The highest BCUT2D eigenvalue weighted by atomic mass is 16.6. The third kappa shape index (κ3) is 2.37. The number of ether oxygens (including phenoxy) is 2. The smallest absolute Gasteiger partial charge is 0.316 e. The third-order valence-electron chi connectivity index (χ3n) is 5.27. The van der Waals surface area contributed by atoms with E-state index in [-0.39, 0.29) is 31.7 Å². The molecule has 6 nitrogen and oxygen atoms in total. The monoisotopic (exact) mass is 322 g/mol. The van der Waals surface area contributed by atoms with E-state index in [0.29, 0.717) is 5.56 Å². The number of carbonyl (C=O) groups is 1. The second kappa shape index (κ2) is 5.27. The summed E-state index contributed by atoms with van der Waals surface area (Å²) in [5.41, 5.74) is 0.654. The number of quaternary nitrogens is 1. The number of hydrogen-bond donors (Lipinski definition) is 1. The second-order valence-electron chi connectivity index (χ2n) is 6.59. The predicted octanol–water partition coefficient (Wildman–Crippen LogP) is 0.931. The van der Waals surface area contributed by atoms with Gasteiger partial charge in [-0.15, -0.1) is 0 Å². The molecule has 124 valence electrons. The van der Waals surface area contributed by atoms with Gasteiger partial charge >= 0.3 is 5.97 Å². The maximum atomic E-state index is 13.1. The van der Waals surface area contributed by atoms with Crippen LogP contribution in [-0.2, 0) is 14.3 Å². The van der Waals surface area contributed by atoms with Crippen LogP contribution in [0.1, 0.15) is 28.4 Å². The van der Waals surface area contributed by atoms with E-state index in [1.54, 1.807) is 24.3 Å². The number of nitrogens with zero attached hydrogens (tertiary/aromatic N) is 1. The molecule has 0 spiro atoms. The first-order valence-electron chi connectivity index (χ1n) is 9.38. The molecule has 6 heteroatoms. The summed E-state index contributed by atoms with van der Waals surface area (Å²) in [7, 11) is 0. The average molecular weight is 322 g/mol. The predicted molar refractivity (Wildman–Crippen MR) is 81.2 cm³/mol. The molecule has 0 radical (unpaired) electrons. The molecule has 2 bridgehead atoms. The van der Waals surface area contributed by atoms with Gasteiger partial charge in [-0.25, -0.2) is 0 Å². The minimum atomic E-state index is -2.67. The first-order valence-corrected chi connectivity index (χ1v) is 7.88. The molecular formula is C17H21NO5. The molecule has 1 N–H and O–H groups in total. The molecule has 7 atom stereocenters. The lowest BCUT2D eigenvalue weighted by molar-refractivity contribution is -0.911. The minimum Gasteiger partial charge on any atom is -0.632 e. The van der Waals surface area contributed by atoms with Gasteiger partial charge in [0.25, 0.3) is 0 Å². The van der Waals surface area contributed by atoms with Gasteiger partial charge in [-0.3, -0.25) is 4.79 Å². The Kier molecular flexibility index (Phi) is 2.75. The fourth-order valence-electron chi connectivity index (χ4n) is 4.00. The molecule has 0 aromatic heterocycles. The van der Waals surface area contributed by atoms with E-state index < -0.39 is 41.7 Å². The van der Waals surface area contributed by atoms with Crippen molar-refractivity contribution in [2.75, 3.05) is 13.6 Å². The van der Waals surface area contributed by atoms with E-state index in [1.165, 1.54) is 0 Å². The van der Waals surface area contributed by atoms with Gasteiger partial charge in [-0.2, -0.15) is 0 Å². The molecule has 1 aromatic carbocycles. The van der Waals surface area contributed by atoms with Crippen LogP contribution in [0.4, 0.5) is 0 Å². The first kappa shape index (κ1) is 12.0. The molecular weight excluding hydrogens is 298 g/mol. The zero-order valence-corrected chi connectivity index (χ0v) is 12.5. The lowest BCUT2D eigenvalue weighted by atomic mass is 9.97. The molecule has 0 saturated carbocycles. The molecule has 3 heterocycles. The fraction of sp³-hybridized carbons (Fsp3) is 0.588. The number of carbonyl (C=O) groups excluding carboxylic acids is 1. The zero-order valence-electron chi connectivity index (χ0n) is 15.5. The number of esters is 1. The van der Waals surface area contributed by atoms with Crippen molar-refractivity contribution in [1.29, 1.82) is 0 Å². The molecule has 0 amide bonds. The van der Waals surface area contributed by atoms with Crippen LogP contribution in [-0.4, -0.2) is 59.7 Å². The van der Waals surface area contributed by atoms with E-state index in [2.05, 4.69) is 0 Å². The summed E-state index contributed by atoms with van der Waals surface area (Å²) >= 11 is 0. The highest BCUT2D eigenvalue weighted by Crippen LogP contribution is 2.52. The summed E-state index contributed by atoms with van der Waals surface area (Å²) in [6, 6.07) is 7.36. The molecule has 3 aliphatic rings. The summed E-state index contributed by atoms with van der Waals surface area (Å²) < 4.78 is 32.7. The van der Waals surface area contributed by atoms with Gasteiger partial charge in [0.2, 0.25) is 0 Å². The largest absolute Gasteiger partial charge is 0.632 e. The number of benzene rings is 1. The average Bonchev–Trinajstić information content (AvgIpc) is 3.34. The Morgan fingerprint density at radius 1 is 1.43 bits per heavy atom. The lowest BCUT2D eigenvalue weighted by Gasteiger charge is -2.51. The Labute approximate surface area is 139 Å². The van der Waals surface area contributed by atoms with Crippen LogP contribution in [0.2, 0.25) is 0 Å². The Balaban J connectivity index is 1.48. The standard InChI is InChI=1S/C17H21NO5/c1-18(21)13-7-11(8-14(18)16-15(13)23-16)22-17(20)12(9-19)10-5-3-2-4-6-10/h2-6,11-16,19H,7-9H2,1H3/t11?,12-,13-,14+,15-,16+,18?/m1/s1/i1D3. The molecule has 3 saturated heterocycles. The van der Waals surface area contributed by atoms with Crippen molar-refractivity contribution in [3.8, 4) is 0 Å². The Bertz CT molecular complexity index is 679. The summed E-state index contributed by atoms with van der Waals surface area (Å²) in [4.78, 5) is 12.5. The maximum absolute atomic E-state index is 13.1. The number of hydrogen-bond acceptors (Lipinski definition) is 5. The summed E-state index contributed by atoms with van der Waals surface area (Å²) in [6.07, 6.45) is -0.917. The molecule has 3 fully saturated rings. The highest BCUT2D eigenvalue weighted by Gasteiger charge is 2.69. The van der Waals surface area contributed by atoms with Crippen LogP contribution in [0.15, 0.2) is 30.3 Å². The van der Waals surface area contributed by atoms with Gasteiger partial charge in [0, 0.05) is 12.8 Å². The number of piperidine rings is 1. The van der Waals surface area contributed by atoms with Crippen molar-refractivity contribution < 1.29 is 28.1 Å². The Morgan fingerprint density at radius 3 is 2.65 bits per heavy atom. The van der Waals surface area contributed by atoms with Crippen LogP contribution in [0, 0.1) is 5.21 Å². The van der Waals surface area contributed by atoms with Crippen LogP contribution in [0.3, 0.4) is 0 Å². The normalized spacial score (nSPS) is 44.4. The van der Waals surface area contributed by atoms with E-state index in [9.17, 15) is 15.1 Å². The first-order chi connectivity index (χ1) is 12.3. The van der Waals surface area contributed by atoms with Crippen molar-refractivity contribution in [2.45, 2.75) is 49.2 Å². The molecule has 2 unspecified atom stereocenters. The van der Waals surface area contributed by atoms with Gasteiger partial charge in [-0.05, 0) is 5.56 Å². The van der Waals surface area contributed by atoms with Gasteiger partial charge in [0.15, 0.2) is 0 Å². The summed E-state index contributed by atoms with van der Waals surface area (Å²) in [5, 5.41) is 22.7. The van der Waals surface area contributed by atoms with Crippen molar-refractivity contribution >= 4 is 5.97 Å². The SMILES string of the molecule is [2H]C([2H])([2H])[N+]1([O-])[C@@H]2CC(OC(=O)[C@H](CO)c3ccccc3)C[C@H]1[C@@H]1O[C@@H]12. The van der Waals surface area contributed by atoms with Crippen molar-refractivity contribution in [3.05, 3.63) is 41.1 Å². The van der Waals surface area contributed by atoms with Crippen LogP contribution in [0.25, 0.3) is 0 Å². The number of morpholine rings is 1. The summed E-state index contributed by atoms with van der Waals surface area (Å²) in [6.45, 7) is -3.05. The van der Waals surface area contributed by atoms with Crippen molar-refractivity contribution in [3.63, 3.8) is 0 Å². The van der Waals surface area contributed by atoms with Gasteiger partial charge < -0.3 is 24.4 Å².